The van der Waals surface area contributed by atoms with Gasteiger partial charge in [-0.3, -0.25) is 5.10 Å². The zero-order valence-electron chi connectivity index (χ0n) is 11.7. The molecule has 110 valence electrons. The average Bonchev–Trinajstić information content (AvgIpc) is 3.08. The molecule has 1 unspecified atom stereocenters. The van der Waals surface area contributed by atoms with Crippen molar-refractivity contribution in [1.82, 2.24) is 20.1 Å². The molecule has 6 nitrogen and oxygen atoms in total. The molecule has 0 bridgehead atoms. The lowest BCUT2D eigenvalue weighted by Crippen LogP contribution is -2.39. The van der Waals surface area contributed by atoms with E-state index in [9.17, 15) is 4.79 Å². The molecule has 1 aromatic heterocycles. The van der Waals surface area contributed by atoms with E-state index in [0.717, 1.165) is 30.8 Å². The van der Waals surface area contributed by atoms with E-state index in [0.29, 0.717) is 13.2 Å². The van der Waals surface area contributed by atoms with Gasteiger partial charge in [-0.05, 0) is 18.4 Å². The van der Waals surface area contributed by atoms with Crippen LogP contribution in [0.15, 0.2) is 36.7 Å². The van der Waals surface area contributed by atoms with Gasteiger partial charge in [0.15, 0.2) is 0 Å². The van der Waals surface area contributed by atoms with Crippen LogP contribution in [0.2, 0.25) is 0 Å². The highest BCUT2D eigenvalue weighted by Crippen LogP contribution is 2.24. The Balaban J connectivity index is 1.55. The summed E-state index contributed by atoms with van der Waals surface area (Å²) in [5.74, 6) is 1.06. The van der Waals surface area contributed by atoms with Gasteiger partial charge in [-0.25, -0.2) is 9.78 Å². The molecule has 0 saturated carbocycles. The van der Waals surface area contributed by atoms with Crippen molar-refractivity contribution in [3.63, 3.8) is 0 Å². The Morgan fingerprint density at radius 3 is 3.00 bits per heavy atom. The molecule has 1 saturated heterocycles. The van der Waals surface area contributed by atoms with Crippen LogP contribution in [0.5, 0.6) is 0 Å². The van der Waals surface area contributed by atoms with Crippen molar-refractivity contribution in [2.24, 2.45) is 0 Å². The Morgan fingerprint density at radius 1 is 1.38 bits per heavy atom. The van der Waals surface area contributed by atoms with E-state index in [1.165, 1.54) is 6.33 Å². The fourth-order valence-electron chi connectivity index (χ4n) is 2.59. The average molecular weight is 286 g/mol. The maximum atomic E-state index is 12.1. The molecule has 1 N–H and O–H groups in total. The number of carbonyl (C=O) groups excluding carboxylic acids is 1. The second kappa shape index (κ2) is 6.39. The molecule has 2 heterocycles. The Kier molecular flexibility index (Phi) is 4.14. The van der Waals surface area contributed by atoms with E-state index in [-0.39, 0.29) is 12.0 Å². The van der Waals surface area contributed by atoms with E-state index in [4.69, 9.17) is 4.74 Å². The Hall–Kier alpha value is -2.37. The number of ether oxygens (including phenoxy) is 1. The Labute approximate surface area is 123 Å². The number of likely N-dealkylation sites (tertiary alicyclic amines) is 1. The first-order chi connectivity index (χ1) is 10.3. The number of carbonyl (C=O) groups is 1. The molecule has 6 heteroatoms. The van der Waals surface area contributed by atoms with Crippen LogP contribution in [0.4, 0.5) is 4.79 Å². The van der Waals surface area contributed by atoms with Crippen LogP contribution < -0.4 is 0 Å². The summed E-state index contributed by atoms with van der Waals surface area (Å²) in [6.45, 7) is 1.67. The van der Waals surface area contributed by atoms with Crippen molar-refractivity contribution >= 4 is 6.09 Å². The van der Waals surface area contributed by atoms with Crippen LogP contribution in [-0.4, -0.2) is 39.3 Å². The van der Waals surface area contributed by atoms with Gasteiger partial charge in [-0.15, -0.1) is 0 Å². The van der Waals surface area contributed by atoms with Crippen LogP contribution >= 0.6 is 0 Å². The number of rotatable bonds is 3. The predicted octanol–water partition coefficient (Wildman–Crippen LogP) is 2.32. The molecule has 1 aromatic carbocycles. The summed E-state index contributed by atoms with van der Waals surface area (Å²) >= 11 is 0. The second-order valence-electron chi connectivity index (χ2n) is 5.20. The van der Waals surface area contributed by atoms with Crippen molar-refractivity contribution < 1.29 is 9.53 Å². The van der Waals surface area contributed by atoms with Crippen molar-refractivity contribution in [1.29, 1.82) is 0 Å². The number of piperidine rings is 1. The quantitative estimate of drug-likeness (QED) is 0.940. The zero-order chi connectivity index (χ0) is 14.5. The summed E-state index contributed by atoms with van der Waals surface area (Å²) in [5, 5.41) is 6.76. The van der Waals surface area contributed by atoms with Gasteiger partial charge in [0.1, 0.15) is 18.8 Å². The summed E-state index contributed by atoms with van der Waals surface area (Å²) in [4.78, 5) is 18.1. The van der Waals surface area contributed by atoms with Gasteiger partial charge in [0, 0.05) is 19.0 Å². The standard InChI is InChI=1S/C15H18N4O2/c20-15(21-10-12-5-2-1-3-6-12)19-8-4-7-13(9-19)14-16-11-17-18-14/h1-3,5-6,11,13H,4,7-10H2,(H,16,17,18). The molecule has 2 aromatic rings. The minimum atomic E-state index is -0.261. The number of H-pyrrole nitrogens is 1. The SMILES string of the molecule is O=C(OCc1ccccc1)N1CCCC(c2ncn[nH]2)C1. The molecule has 1 amide bonds. The van der Waals surface area contributed by atoms with E-state index in [1.807, 2.05) is 30.3 Å². The zero-order valence-corrected chi connectivity index (χ0v) is 11.7. The highest BCUT2D eigenvalue weighted by molar-refractivity contribution is 5.67. The second-order valence-corrected chi connectivity index (χ2v) is 5.20. The van der Waals surface area contributed by atoms with Gasteiger partial charge in [0.05, 0.1) is 0 Å². The van der Waals surface area contributed by atoms with Crippen LogP contribution in [0.3, 0.4) is 0 Å². The van der Waals surface area contributed by atoms with Crippen molar-refractivity contribution in [3.8, 4) is 0 Å². The van der Waals surface area contributed by atoms with E-state index in [1.54, 1.807) is 4.90 Å². The first kappa shape index (κ1) is 13.6. The lowest BCUT2D eigenvalue weighted by atomic mass is 9.98. The molecule has 21 heavy (non-hydrogen) atoms. The Bertz CT molecular complexity index is 571. The number of nitrogens with one attached hydrogen (secondary N) is 1. The van der Waals surface area contributed by atoms with Crippen LogP contribution in [0.25, 0.3) is 0 Å². The monoisotopic (exact) mass is 286 g/mol. The van der Waals surface area contributed by atoms with Crippen molar-refractivity contribution in [2.75, 3.05) is 13.1 Å². The third-order valence-electron chi connectivity index (χ3n) is 3.71. The number of amides is 1. The third kappa shape index (κ3) is 3.39. The van der Waals surface area contributed by atoms with Gasteiger partial charge < -0.3 is 9.64 Å². The molecule has 0 radical (unpaired) electrons. The number of aromatic nitrogens is 3. The summed E-state index contributed by atoms with van der Waals surface area (Å²) in [6.07, 6.45) is 3.20. The smallest absolute Gasteiger partial charge is 0.410 e. The minimum Gasteiger partial charge on any atom is -0.445 e. The first-order valence-corrected chi connectivity index (χ1v) is 7.14. The largest absolute Gasteiger partial charge is 0.445 e. The van der Waals surface area contributed by atoms with E-state index < -0.39 is 0 Å². The van der Waals surface area contributed by atoms with Crippen LogP contribution in [0, 0.1) is 0 Å². The third-order valence-corrected chi connectivity index (χ3v) is 3.71. The molecule has 1 fully saturated rings. The maximum Gasteiger partial charge on any atom is 0.410 e. The Morgan fingerprint density at radius 2 is 2.24 bits per heavy atom. The lowest BCUT2D eigenvalue weighted by Gasteiger charge is -2.30. The molecule has 0 aliphatic carbocycles. The van der Waals surface area contributed by atoms with E-state index in [2.05, 4.69) is 15.2 Å². The summed E-state index contributed by atoms with van der Waals surface area (Å²) in [5.41, 5.74) is 0.995. The normalized spacial score (nSPS) is 18.5. The molecule has 1 aliphatic heterocycles. The number of nitrogens with zero attached hydrogens (tertiary/aromatic N) is 3. The summed E-state index contributed by atoms with van der Waals surface area (Å²) in [6, 6.07) is 9.70. The molecular formula is C15H18N4O2. The molecule has 3 rings (SSSR count). The highest BCUT2D eigenvalue weighted by atomic mass is 16.6. The first-order valence-electron chi connectivity index (χ1n) is 7.14. The summed E-state index contributed by atoms with van der Waals surface area (Å²) < 4.78 is 5.37. The number of hydrogen-bond donors (Lipinski definition) is 1. The number of benzene rings is 1. The van der Waals surface area contributed by atoms with Crippen LogP contribution in [-0.2, 0) is 11.3 Å². The predicted molar refractivity (Wildman–Crippen MR) is 76.6 cm³/mol. The number of aromatic amines is 1. The molecule has 1 aliphatic rings. The molecule has 0 spiro atoms. The van der Waals surface area contributed by atoms with Crippen molar-refractivity contribution in [3.05, 3.63) is 48.0 Å². The van der Waals surface area contributed by atoms with Gasteiger partial charge in [0.2, 0.25) is 0 Å². The lowest BCUT2D eigenvalue weighted by molar-refractivity contribution is 0.0853. The highest BCUT2D eigenvalue weighted by Gasteiger charge is 2.27. The van der Waals surface area contributed by atoms with Gasteiger partial charge >= 0.3 is 6.09 Å². The van der Waals surface area contributed by atoms with Crippen LogP contribution in [0.1, 0.15) is 30.1 Å². The van der Waals surface area contributed by atoms with Gasteiger partial charge in [-0.2, -0.15) is 5.10 Å². The summed E-state index contributed by atoms with van der Waals surface area (Å²) in [7, 11) is 0. The van der Waals surface area contributed by atoms with Gasteiger partial charge in [0.25, 0.3) is 0 Å². The van der Waals surface area contributed by atoms with Crippen molar-refractivity contribution in [2.45, 2.75) is 25.4 Å². The minimum absolute atomic E-state index is 0.213. The molecular weight excluding hydrogens is 268 g/mol. The van der Waals surface area contributed by atoms with E-state index >= 15 is 0 Å². The topological polar surface area (TPSA) is 71.1 Å². The number of hydrogen-bond acceptors (Lipinski definition) is 4. The molecule has 1 atom stereocenters. The maximum absolute atomic E-state index is 12.1. The van der Waals surface area contributed by atoms with Gasteiger partial charge in [-0.1, -0.05) is 30.3 Å². The fourth-order valence-corrected chi connectivity index (χ4v) is 2.59. The fraction of sp³-hybridized carbons (Fsp3) is 0.400.